The Morgan fingerprint density at radius 3 is 2.46 bits per heavy atom. The van der Waals surface area contributed by atoms with Crippen LogP contribution in [0.25, 0.3) is 10.9 Å². The Balaban J connectivity index is 1.51. The van der Waals surface area contributed by atoms with Gasteiger partial charge < -0.3 is 24.3 Å². The van der Waals surface area contributed by atoms with Crippen LogP contribution in [-0.4, -0.2) is 52.6 Å². The average Bonchev–Trinajstić information content (AvgIpc) is 2.84. The molecule has 2 heterocycles. The first kappa shape index (κ1) is 24.6. The molecule has 35 heavy (non-hydrogen) atoms. The number of amides is 1. The third kappa shape index (κ3) is 4.85. The van der Waals surface area contributed by atoms with E-state index in [4.69, 9.17) is 23.8 Å². The molecule has 1 fully saturated rings. The van der Waals surface area contributed by atoms with Crippen LogP contribution in [0.15, 0.2) is 47.4 Å². The van der Waals surface area contributed by atoms with E-state index in [0.29, 0.717) is 54.5 Å². The molecule has 1 aliphatic heterocycles. The molecule has 2 aromatic carbocycles. The number of aryl methyl sites for hydroxylation is 1. The zero-order valence-corrected chi connectivity index (χ0v) is 20.3. The summed E-state index contributed by atoms with van der Waals surface area (Å²) in [7, 11) is 0. The zero-order chi connectivity index (χ0) is 25.3. The summed E-state index contributed by atoms with van der Waals surface area (Å²) in [6.07, 6.45) is 1.22. The number of aromatic carboxylic acids is 1. The number of piperazine rings is 1. The number of pyridine rings is 1. The van der Waals surface area contributed by atoms with Crippen molar-refractivity contribution < 1.29 is 19.1 Å². The van der Waals surface area contributed by atoms with Gasteiger partial charge in [-0.3, -0.25) is 14.9 Å². The first-order chi connectivity index (χ1) is 16.7. The highest BCUT2D eigenvalue weighted by molar-refractivity contribution is 7.80. The normalized spacial score (nSPS) is 13.7. The Kier molecular flexibility index (Phi) is 7.04. The largest absolute Gasteiger partial charge is 0.545 e. The van der Waals surface area contributed by atoms with E-state index in [0.717, 1.165) is 6.07 Å². The number of nitrogens with one attached hydrogen (secondary N) is 1. The smallest absolute Gasteiger partial charge is 0.258 e. The SMILES string of the molecule is CCn1cc(C(=O)[O-])c(=O)c2cc(F)c(N3CCN(C(=S)NC(=O)c4ccccc4Cl)CC3)cc21. The molecule has 182 valence electrons. The van der Waals surface area contributed by atoms with E-state index in [-0.39, 0.29) is 10.5 Å². The Hall–Kier alpha value is -3.50. The van der Waals surface area contributed by atoms with E-state index in [1.165, 1.54) is 6.20 Å². The van der Waals surface area contributed by atoms with Crippen molar-refractivity contribution in [3.8, 4) is 0 Å². The monoisotopic (exact) mass is 515 g/mol. The number of carboxylic acid groups (broad SMARTS) is 1. The highest BCUT2D eigenvalue weighted by Crippen LogP contribution is 2.26. The van der Waals surface area contributed by atoms with Gasteiger partial charge in [-0.2, -0.15) is 0 Å². The third-order valence-corrected chi connectivity index (χ3v) is 6.65. The summed E-state index contributed by atoms with van der Waals surface area (Å²) >= 11 is 11.5. The standard InChI is InChI=1S/C24H22ClFN4O4S/c1-2-28-13-16(23(33)34)21(31)15-11-18(26)20(12-19(15)28)29-7-9-30(10-8-29)24(35)27-22(32)14-5-3-4-6-17(14)25/h3-6,11-13H,2,7-10H2,1H3,(H,33,34)(H,27,32,35)/p-1. The van der Waals surface area contributed by atoms with Crippen molar-refractivity contribution in [3.05, 3.63) is 74.8 Å². The van der Waals surface area contributed by atoms with Gasteiger partial charge in [0.15, 0.2) is 10.5 Å². The molecule has 1 aromatic heterocycles. The lowest BCUT2D eigenvalue weighted by molar-refractivity contribution is -0.255. The van der Waals surface area contributed by atoms with Gasteiger partial charge >= 0.3 is 0 Å². The second-order valence-corrected chi connectivity index (χ2v) is 8.77. The van der Waals surface area contributed by atoms with E-state index in [1.54, 1.807) is 41.8 Å². The second-order valence-electron chi connectivity index (χ2n) is 7.98. The number of anilines is 1. The van der Waals surface area contributed by atoms with Crippen LogP contribution in [0.4, 0.5) is 10.1 Å². The maximum atomic E-state index is 15.0. The lowest BCUT2D eigenvalue weighted by atomic mass is 10.1. The number of hydrogen-bond donors (Lipinski definition) is 1. The molecule has 1 aliphatic rings. The number of benzene rings is 2. The number of halogens is 2. The maximum Gasteiger partial charge on any atom is 0.258 e. The number of rotatable bonds is 4. The van der Waals surface area contributed by atoms with Crippen molar-refractivity contribution in [2.45, 2.75) is 13.5 Å². The number of fused-ring (bicyclic) bond motifs is 1. The maximum absolute atomic E-state index is 15.0. The van der Waals surface area contributed by atoms with Gasteiger partial charge in [0, 0.05) is 44.3 Å². The molecule has 1 saturated heterocycles. The second kappa shape index (κ2) is 10.0. The van der Waals surface area contributed by atoms with Gasteiger partial charge in [0.25, 0.3) is 5.91 Å². The summed E-state index contributed by atoms with van der Waals surface area (Å²) in [5.41, 5.74) is -0.237. The van der Waals surface area contributed by atoms with Crippen LogP contribution in [0.3, 0.4) is 0 Å². The molecule has 0 saturated carbocycles. The van der Waals surface area contributed by atoms with E-state index in [9.17, 15) is 19.5 Å². The van der Waals surface area contributed by atoms with Crippen LogP contribution in [0.5, 0.6) is 0 Å². The first-order valence-electron chi connectivity index (χ1n) is 10.9. The fraction of sp³-hybridized carbons (Fsp3) is 0.250. The Labute approximate surface area is 210 Å². The van der Waals surface area contributed by atoms with Crippen LogP contribution in [0.2, 0.25) is 5.02 Å². The van der Waals surface area contributed by atoms with E-state index in [2.05, 4.69) is 5.32 Å². The topological polar surface area (TPSA) is 97.7 Å². The summed E-state index contributed by atoms with van der Waals surface area (Å²) in [5, 5.41) is 14.5. The van der Waals surface area contributed by atoms with Gasteiger partial charge in [0.05, 0.1) is 33.3 Å². The van der Waals surface area contributed by atoms with Crippen molar-refractivity contribution in [2.24, 2.45) is 0 Å². The highest BCUT2D eigenvalue weighted by Gasteiger charge is 2.24. The lowest BCUT2D eigenvalue weighted by Crippen LogP contribution is -2.53. The van der Waals surface area contributed by atoms with Gasteiger partial charge in [-0.05, 0) is 43.4 Å². The third-order valence-electron chi connectivity index (χ3n) is 5.96. The van der Waals surface area contributed by atoms with Gasteiger partial charge in [-0.25, -0.2) is 4.39 Å². The molecule has 0 bridgehead atoms. The molecule has 0 atom stereocenters. The van der Waals surface area contributed by atoms with Crippen LogP contribution in [0.1, 0.15) is 27.6 Å². The molecule has 1 amide bonds. The van der Waals surface area contributed by atoms with E-state index >= 15 is 4.39 Å². The highest BCUT2D eigenvalue weighted by atomic mass is 35.5. The average molecular weight is 516 g/mol. The molecule has 1 N–H and O–H groups in total. The molecular weight excluding hydrogens is 495 g/mol. The summed E-state index contributed by atoms with van der Waals surface area (Å²) in [6, 6.07) is 9.29. The summed E-state index contributed by atoms with van der Waals surface area (Å²) < 4.78 is 16.6. The molecule has 3 aromatic rings. The molecule has 0 unspecified atom stereocenters. The van der Waals surface area contributed by atoms with Crippen LogP contribution < -0.4 is 20.8 Å². The zero-order valence-electron chi connectivity index (χ0n) is 18.7. The van der Waals surface area contributed by atoms with Crippen molar-refractivity contribution in [3.63, 3.8) is 0 Å². The fourth-order valence-electron chi connectivity index (χ4n) is 4.09. The molecule has 0 radical (unpaired) electrons. The van der Waals surface area contributed by atoms with Gasteiger partial charge in [-0.15, -0.1) is 0 Å². The molecule has 0 spiro atoms. The molecule has 8 nitrogen and oxygen atoms in total. The number of nitrogens with zero attached hydrogens (tertiary/aromatic N) is 3. The van der Waals surface area contributed by atoms with Gasteiger partial charge in [-0.1, -0.05) is 23.7 Å². The molecule has 0 aliphatic carbocycles. The number of carboxylic acids is 1. The minimum atomic E-state index is -1.60. The first-order valence-corrected chi connectivity index (χ1v) is 11.7. The number of aromatic nitrogens is 1. The van der Waals surface area contributed by atoms with Crippen molar-refractivity contribution in [2.75, 3.05) is 31.1 Å². The van der Waals surface area contributed by atoms with Crippen LogP contribution in [-0.2, 0) is 6.54 Å². The predicted molar refractivity (Wildman–Crippen MR) is 133 cm³/mol. The summed E-state index contributed by atoms with van der Waals surface area (Å²) in [4.78, 5) is 40.0. The number of carbonyl (C=O) groups excluding carboxylic acids is 2. The Morgan fingerprint density at radius 1 is 1.14 bits per heavy atom. The molecule has 4 rings (SSSR count). The van der Waals surface area contributed by atoms with E-state index < -0.39 is 28.7 Å². The predicted octanol–water partition coefficient (Wildman–Crippen LogP) is 2.01. The van der Waals surface area contributed by atoms with Crippen molar-refractivity contribution >= 4 is 57.4 Å². The number of thiocarbonyl (C=S) groups is 1. The molecular formula is C24H21ClFN4O4S-. The van der Waals surface area contributed by atoms with E-state index in [1.807, 2.05) is 9.80 Å². The van der Waals surface area contributed by atoms with Crippen molar-refractivity contribution in [1.29, 1.82) is 0 Å². The number of carbonyl (C=O) groups is 2. The van der Waals surface area contributed by atoms with Crippen LogP contribution >= 0.6 is 23.8 Å². The van der Waals surface area contributed by atoms with Crippen molar-refractivity contribution in [1.82, 2.24) is 14.8 Å². The molecule has 11 heteroatoms. The minimum absolute atomic E-state index is 0.0168. The minimum Gasteiger partial charge on any atom is -0.545 e. The van der Waals surface area contributed by atoms with Crippen LogP contribution in [0, 0.1) is 5.82 Å². The lowest BCUT2D eigenvalue weighted by Gasteiger charge is -2.37. The fourth-order valence-corrected chi connectivity index (χ4v) is 4.58. The quantitative estimate of drug-likeness (QED) is 0.531. The van der Waals surface area contributed by atoms with Gasteiger partial charge in [0.2, 0.25) is 0 Å². The Morgan fingerprint density at radius 2 is 1.83 bits per heavy atom. The Bertz CT molecular complexity index is 1400. The summed E-state index contributed by atoms with van der Waals surface area (Å²) in [6.45, 7) is 3.88. The van der Waals surface area contributed by atoms with Gasteiger partial charge in [0.1, 0.15) is 5.82 Å². The number of hydrogen-bond acceptors (Lipinski definition) is 6. The summed E-state index contributed by atoms with van der Waals surface area (Å²) in [5.74, 6) is -2.63.